The third-order valence-electron chi connectivity index (χ3n) is 3.06. The van der Waals surface area contributed by atoms with E-state index < -0.39 is 0 Å². The van der Waals surface area contributed by atoms with E-state index in [0.29, 0.717) is 6.61 Å². The number of hydrogen-bond donors (Lipinski definition) is 1. The highest BCUT2D eigenvalue weighted by Crippen LogP contribution is 2.29. The van der Waals surface area contributed by atoms with Gasteiger partial charge in [-0.1, -0.05) is 30.3 Å². The van der Waals surface area contributed by atoms with Gasteiger partial charge in [0.05, 0.1) is 12.8 Å². The first kappa shape index (κ1) is 13.3. The van der Waals surface area contributed by atoms with Crippen LogP contribution < -0.4 is 14.8 Å². The molecule has 0 aromatic heterocycles. The Morgan fingerprint density at radius 2 is 1.74 bits per heavy atom. The second-order valence-corrected chi connectivity index (χ2v) is 4.30. The minimum absolute atomic E-state index is 0.512. The molecule has 0 atom stereocenters. The van der Waals surface area contributed by atoms with Gasteiger partial charge in [-0.2, -0.15) is 0 Å². The molecule has 0 aliphatic heterocycles. The normalized spacial score (nSPS) is 10.1. The molecule has 0 radical (unpaired) electrons. The van der Waals surface area contributed by atoms with Gasteiger partial charge in [0.1, 0.15) is 18.1 Å². The molecule has 0 bridgehead atoms. The first-order valence-corrected chi connectivity index (χ1v) is 6.28. The van der Waals surface area contributed by atoms with Crippen LogP contribution in [0.15, 0.2) is 42.5 Å². The van der Waals surface area contributed by atoms with Crippen LogP contribution in [0, 0.1) is 6.92 Å². The molecule has 0 heterocycles. The summed E-state index contributed by atoms with van der Waals surface area (Å²) in [5.41, 5.74) is 3.18. The van der Waals surface area contributed by atoms with E-state index in [1.165, 1.54) is 0 Å². The quantitative estimate of drug-likeness (QED) is 0.887. The van der Waals surface area contributed by atoms with Crippen molar-refractivity contribution in [3.05, 3.63) is 53.6 Å². The van der Waals surface area contributed by atoms with Crippen molar-refractivity contribution < 1.29 is 9.47 Å². The third-order valence-corrected chi connectivity index (χ3v) is 3.06. The number of aryl methyl sites for hydroxylation is 1. The smallest absolute Gasteiger partial charge is 0.142 e. The van der Waals surface area contributed by atoms with Crippen LogP contribution in [-0.2, 0) is 6.61 Å². The van der Waals surface area contributed by atoms with E-state index >= 15 is 0 Å². The van der Waals surface area contributed by atoms with Crippen molar-refractivity contribution >= 4 is 5.69 Å². The van der Waals surface area contributed by atoms with Crippen molar-refractivity contribution in [2.75, 3.05) is 19.5 Å². The number of hydrogen-bond acceptors (Lipinski definition) is 3. The van der Waals surface area contributed by atoms with Crippen molar-refractivity contribution in [2.24, 2.45) is 0 Å². The Labute approximate surface area is 114 Å². The molecule has 3 nitrogen and oxygen atoms in total. The number of methoxy groups -OCH3 is 1. The van der Waals surface area contributed by atoms with Crippen LogP contribution in [-0.4, -0.2) is 14.2 Å². The Balaban J connectivity index is 2.18. The van der Waals surface area contributed by atoms with Gasteiger partial charge in [-0.15, -0.1) is 0 Å². The summed E-state index contributed by atoms with van der Waals surface area (Å²) in [6.45, 7) is 2.55. The Bertz CT molecular complexity index is 552. The molecule has 0 saturated carbocycles. The molecule has 0 unspecified atom stereocenters. The summed E-state index contributed by atoms with van der Waals surface area (Å²) < 4.78 is 11.2. The van der Waals surface area contributed by atoms with Gasteiger partial charge < -0.3 is 14.8 Å². The van der Waals surface area contributed by atoms with E-state index in [0.717, 1.165) is 28.3 Å². The monoisotopic (exact) mass is 257 g/mol. The average molecular weight is 257 g/mol. The Morgan fingerprint density at radius 1 is 1.00 bits per heavy atom. The summed E-state index contributed by atoms with van der Waals surface area (Å²) in [4.78, 5) is 0. The highest BCUT2D eigenvalue weighted by Gasteiger charge is 2.08. The number of para-hydroxylation sites is 2. The highest BCUT2D eigenvalue weighted by molar-refractivity contribution is 5.61. The molecule has 0 saturated heterocycles. The molecule has 2 aromatic rings. The van der Waals surface area contributed by atoms with Crippen LogP contribution in [0.4, 0.5) is 5.69 Å². The molecular weight excluding hydrogens is 238 g/mol. The lowest BCUT2D eigenvalue weighted by Crippen LogP contribution is -2.03. The van der Waals surface area contributed by atoms with Gasteiger partial charge in [0.15, 0.2) is 0 Å². The summed E-state index contributed by atoms with van der Waals surface area (Å²) >= 11 is 0. The molecule has 0 aliphatic rings. The van der Waals surface area contributed by atoms with Gasteiger partial charge in [0, 0.05) is 12.6 Å². The number of nitrogens with one attached hydrogen (secondary N) is 1. The number of benzene rings is 2. The lowest BCUT2D eigenvalue weighted by Gasteiger charge is -2.15. The summed E-state index contributed by atoms with van der Waals surface area (Å²) in [6.07, 6.45) is 0. The largest absolute Gasteiger partial charge is 0.495 e. The Morgan fingerprint density at radius 3 is 2.42 bits per heavy atom. The van der Waals surface area contributed by atoms with Crippen LogP contribution in [0.3, 0.4) is 0 Å². The number of anilines is 1. The average Bonchev–Trinajstić information content (AvgIpc) is 2.45. The third kappa shape index (κ3) is 2.99. The highest BCUT2D eigenvalue weighted by atomic mass is 16.5. The minimum Gasteiger partial charge on any atom is -0.495 e. The number of rotatable bonds is 5. The molecule has 1 N–H and O–H groups in total. The zero-order valence-electron chi connectivity index (χ0n) is 11.6. The Kier molecular flexibility index (Phi) is 4.29. The molecule has 19 heavy (non-hydrogen) atoms. The molecular formula is C16H19NO2. The topological polar surface area (TPSA) is 30.5 Å². The fourth-order valence-corrected chi connectivity index (χ4v) is 2.02. The Hall–Kier alpha value is -2.16. The van der Waals surface area contributed by atoms with Gasteiger partial charge in [-0.25, -0.2) is 0 Å². The van der Waals surface area contributed by atoms with E-state index in [-0.39, 0.29) is 0 Å². The molecule has 2 aromatic carbocycles. The van der Waals surface area contributed by atoms with Crippen LogP contribution >= 0.6 is 0 Å². The molecule has 2 rings (SSSR count). The van der Waals surface area contributed by atoms with Crippen molar-refractivity contribution in [3.8, 4) is 11.5 Å². The zero-order chi connectivity index (χ0) is 13.7. The SMILES string of the molecule is CNc1c(COc2ccccc2C)cccc1OC. The summed E-state index contributed by atoms with van der Waals surface area (Å²) in [6, 6.07) is 13.9. The van der Waals surface area contributed by atoms with Gasteiger partial charge in [0.25, 0.3) is 0 Å². The van der Waals surface area contributed by atoms with E-state index in [4.69, 9.17) is 9.47 Å². The van der Waals surface area contributed by atoms with E-state index in [9.17, 15) is 0 Å². The van der Waals surface area contributed by atoms with Gasteiger partial charge >= 0.3 is 0 Å². The zero-order valence-corrected chi connectivity index (χ0v) is 11.6. The fourth-order valence-electron chi connectivity index (χ4n) is 2.02. The minimum atomic E-state index is 0.512. The van der Waals surface area contributed by atoms with Crippen molar-refractivity contribution in [2.45, 2.75) is 13.5 Å². The van der Waals surface area contributed by atoms with Gasteiger partial charge in [-0.3, -0.25) is 0 Å². The second-order valence-electron chi connectivity index (χ2n) is 4.30. The molecule has 0 aliphatic carbocycles. The van der Waals surface area contributed by atoms with E-state index in [1.54, 1.807) is 7.11 Å². The molecule has 100 valence electrons. The summed E-state index contributed by atoms with van der Waals surface area (Å²) in [5, 5.41) is 3.16. The van der Waals surface area contributed by atoms with Crippen molar-refractivity contribution in [1.82, 2.24) is 0 Å². The molecule has 0 fully saturated rings. The van der Waals surface area contributed by atoms with Crippen molar-refractivity contribution in [3.63, 3.8) is 0 Å². The first-order chi connectivity index (χ1) is 9.26. The predicted octanol–water partition coefficient (Wildman–Crippen LogP) is 3.62. The lowest BCUT2D eigenvalue weighted by atomic mass is 10.1. The molecule has 0 amide bonds. The van der Waals surface area contributed by atoms with Crippen LogP contribution in [0.25, 0.3) is 0 Å². The maximum absolute atomic E-state index is 5.87. The second kappa shape index (κ2) is 6.14. The standard InChI is InChI=1S/C16H19NO2/c1-12-7-4-5-9-14(12)19-11-13-8-6-10-15(18-3)16(13)17-2/h4-10,17H,11H2,1-3H3. The van der Waals surface area contributed by atoms with Gasteiger partial charge in [-0.05, 0) is 24.6 Å². The maximum Gasteiger partial charge on any atom is 0.142 e. The predicted molar refractivity (Wildman–Crippen MR) is 78.1 cm³/mol. The molecule has 3 heteroatoms. The van der Waals surface area contributed by atoms with E-state index in [1.807, 2.05) is 56.4 Å². The van der Waals surface area contributed by atoms with Gasteiger partial charge in [0.2, 0.25) is 0 Å². The van der Waals surface area contributed by atoms with E-state index in [2.05, 4.69) is 5.32 Å². The summed E-state index contributed by atoms with van der Waals surface area (Å²) in [7, 11) is 3.55. The van der Waals surface area contributed by atoms with Crippen LogP contribution in [0.5, 0.6) is 11.5 Å². The van der Waals surface area contributed by atoms with Crippen LogP contribution in [0.1, 0.15) is 11.1 Å². The fraction of sp³-hybridized carbons (Fsp3) is 0.250. The lowest BCUT2D eigenvalue weighted by molar-refractivity contribution is 0.304. The van der Waals surface area contributed by atoms with Crippen LogP contribution in [0.2, 0.25) is 0 Å². The number of ether oxygens (including phenoxy) is 2. The van der Waals surface area contributed by atoms with Crippen molar-refractivity contribution in [1.29, 1.82) is 0 Å². The summed E-state index contributed by atoms with van der Waals surface area (Å²) in [5.74, 6) is 1.74. The first-order valence-electron chi connectivity index (χ1n) is 6.28. The maximum atomic E-state index is 5.87. The molecule has 0 spiro atoms.